The van der Waals surface area contributed by atoms with E-state index >= 15 is 0 Å². The third kappa shape index (κ3) is 12.3. The maximum Gasteiger partial charge on any atom is 0.317 e. The summed E-state index contributed by atoms with van der Waals surface area (Å²) in [7, 11) is 0. The van der Waals surface area contributed by atoms with E-state index in [-0.39, 0.29) is 18.3 Å². The van der Waals surface area contributed by atoms with Gasteiger partial charge in [-0.05, 0) is 62.1 Å². The number of halogens is 1. The number of benzene rings is 1. The number of hydrogen-bond donors (Lipinski definition) is 4. The maximum absolute atomic E-state index is 12.0. The van der Waals surface area contributed by atoms with Crippen molar-refractivity contribution >= 4 is 41.5 Å². The van der Waals surface area contributed by atoms with Crippen LogP contribution >= 0.6 is 11.6 Å². The van der Waals surface area contributed by atoms with Gasteiger partial charge in [-0.25, -0.2) is 9.78 Å². The van der Waals surface area contributed by atoms with E-state index in [1.807, 2.05) is 43.0 Å². The molecule has 2 fully saturated rings. The number of allylic oxidation sites excluding steroid dienone is 1. The first kappa shape index (κ1) is 32.7. The van der Waals surface area contributed by atoms with Crippen LogP contribution < -0.4 is 22.1 Å². The zero-order chi connectivity index (χ0) is 28.3. The van der Waals surface area contributed by atoms with Crippen molar-refractivity contribution in [3.8, 4) is 0 Å². The van der Waals surface area contributed by atoms with Crippen molar-refractivity contribution in [1.82, 2.24) is 20.2 Å². The molecule has 1 aromatic heterocycles. The number of aromatic nitrogens is 2. The van der Waals surface area contributed by atoms with Crippen molar-refractivity contribution in [3.05, 3.63) is 53.2 Å². The number of carbonyl (C=O) groups excluding carboxylic acids is 2. The quantitative estimate of drug-likeness (QED) is 0.267. The summed E-state index contributed by atoms with van der Waals surface area (Å²) in [6.07, 6.45) is 10.6. The molecule has 0 bridgehead atoms. The van der Waals surface area contributed by atoms with Gasteiger partial charge in [0.15, 0.2) is 0 Å². The lowest BCUT2D eigenvalue weighted by Crippen LogP contribution is -2.37. The summed E-state index contributed by atoms with van der Waals surface area (Å²) in [5.41, 5.74) is 13.1. The molecule has 0 spiro atoms. The highest BCUT2D eigenvalue weighted by Gasteiger charge is 2.17. The molecule has 3 amide bonds. The van der Waals surface area contributed by atoms with Gasteiger partial charge in [0.2, 0.25) is 12.4 Å². The number of nitrogens with one attached hydrogen (secondary N) is 2. The zero-order valence-electron chi connectivity index (χ0n) is 23.0. The molecule has 1 saturated heterocycles. The smallest absolute Gasteiger partial charge is 0.317 e. The van der Waals surface area contributed by atoms with E-state index in [2.05, 4.69) is 39.8 Å². The number of nitrogens with zero attached hydrogens (tertiary/aromatic N) is 3. The van der Waals surface area contributed by atoms with Crippen LogP contribution in [-0.4, -0.2) is 40.4 Å². The fourth-order valence-corrected chi connectivity index (χ4v) is 4.23. The highest BCUT2D eigenvalue weighted by molar-refractivity contribution is 6.32. The van der Waals surface area contributed by atoms with Gasteiger partial charge in [0.1, 0.15) is 10.8 Å². The second-order valence-corrected chi connectivity index (χ2v) is 9.27. The van der Waals surface area contributed by atoms with Gasteiger partial charge >= 0.3 is 6.03 Å². The number of primary amides is 1. The summed E-state index contributed by atoms with van der Waals surface area (Å²) in [6.45, 7) is 12.4. The van der Waals surface area contributed by atoms with Crippen molar-refractivity contribution < 1.29 is 9.59 Å². The molecule has 6 N–H and O–H groups in total. The van der Waals surface area contributed by atoms with E-state index in [1.165, 1.54) is 43.9 Å². The summed E-state index contributed by atoms with van der Waals surface area (Å²) < 4.78 is 0. The Morgan fingerprint density at radius 3 is 2.53 bits per heavy atom. The van der Waals surface area contributed by atoms with Crippen LogP contribution in [0.25, 0.3) is 0 Å². The average Bonchev–Trinajstić information content (AvgIpc) is 3.47. The Kier molecular flexibility index (Phi) is 16.2. The minimum Gasteiger partial charge on any atom is -0.382 e. The van der Waals surface area contributed by atoms with Gasteiger partial charge in [-0.15, -0.1) is 0 Å². The molecular weight excluding hydrogens is 502 g/mol. The van der Waals surface area contributed by atoms with Crippen molar-refractivity contribution in [2.75, 3.05) is 24.1 Å². The van der Waals surface area contributed by atoms with Crippen LogP contribution in [0, 0.1) is 5.92 Å². The first-order valence-corrected chi connectivity index (χ1v) is 13.7. The minimum absolute atomic E-state index is 0.0142. The summed E-state index contributed by atoms with van der Waals surface area (Å²) >= 11 is 5.81. The lowest BCUT2D eigenvalue weighted by atomic mass is 9.85. The number of nitrogens with two attached hydrogens (primary N) is 2. The van der Waals surface area contributed by atoms with Crippen molar-refractivity contribution in [2.24, 2.45) is 11.7 Å². The highest BCUT2D eigenvalue weighted by atomic mass is 35.5. The topological polar surface area (TPSA) is 139 Å². The molecule has 4 rings (SSSR count). The standard InChI is InChI=1S/C16H19ClN6O.C9H16.C2H6.CH3NO/c17-13-10-19-15(22-14(13)18)21-12-5-3-4-11(8-12)9-20-16(24)23-6-1-2-7-23;1-3-9-6-4-5-8(2)7-9;1-2;2-1-3/h3-5,8,10H,1-2,6-7,9H2,(H,20,24)(H3,18,19,21,22);9H,2-7H2,1H3;1-2H3;1H,(H2,2,3). The lowest BCUT2D eigenvalue weighted by molar-refractivity contribution is -0.106. The van der Waals surface area contributed by atoms with Crippen molar-refractivity contribution in [2.45, 2.75) is 72.3 Å². The van der Waals surface area contributed by atoms with Gasteiger partial charge in [-0.2, -0.15) is 4.98 Å². The number of hydrogen-bond acceptors (Lipinski definition) is 6. The highest BCUT2D eigenvalue weighted by Crippen LogP contribution is 2.28. The van der Waals surface area contributed by atoms with Crippen LogP contribution in [0.1, 0.15) is 71.3 Å². The third-order valence-electron chi connectivity index (χ3n) is 6.09. The normalized spacial score (nSPS) is 15.9. The van der Waals surface area contributed by atoms with Crippen LogP contribution in [0.4, 0.5) is 22.2 Å². The van der Waals surface area contributed by atoms with Crippen LogP contribution in [0.2, 0.25) is 5.02 Å². The monoisotopic (exact) mass is 545 g/mol. The van der Waals surface area contributed by atoms with E-state index in [9.17, 15) is 4.79 Å². The van der Waals surface area contributed by atoms with Crippen LogP contribution in [0.3, 0.4) is 0 Å². The summed E-state index contributed by atoms with van der Waals surface area (Å²) in [6, 6.07) is 7.66. The molecule has 9 nitrogen and oxygen atoms in total. The second-order valence-electron chi connectivity index (χ2n) is 8.86. The molecular formula is C28H44ClN7O2. The number of urea groups is 1. The summed E-state index contributed by atoms with van der Waals surface area (Å²) in [4.78, 5) is 30.6. The molecule has 210 valence electrons. The molecule has 10 heteroatoms. The van der Waals surface area contributed by atoms with E-state index < -0.39 is 0 Å². The zero-order valence-corrected chi connectivity index (χ0v) is 23.8. The molecule has 1 atom stereocenters. The van der Waals surface area contributed by atoms with Gasteiger partial charge < -0.3 is 27.0 Å². The molecule has 38 heavy (non-hydrogen) atoms. The van der Waals surface area contributed by atoms with Gasteiger partial charge in [0, 0.05) is 25.3 Å². The summed E-state index contributed by atoms with van der Waals surface area (Å²) in [5, 5.41) is 6.33. The average molecular weight is 546 g/mol. The molecule has 1 aliphatic heterocycles. The summed E-state index contributed by atoms with van der Waals surface area (Å²) in [5.74, 6) is 1.56. The van der Waals surface area contributed by atoms with Crippen LogP contribution in [-0.2, 0) is 11.3 Å². The van der Waals surface area contributed by atoms with Crippen LogP contribution in [0.5, 0.6) is 0 Å². The Morgan fingerprint density at radius 2 is 1.95 bits per heavy atom. The molecule has 1 aromatic carbocycles. The predicted octanol–water partition coefficient (Wildman–Crippen LogP) is 6.03. The van der Waals surface area contributed by atoms with E-state index in [0.29, 0.717) is 17.5 Å². The molecule has 1 unspecified atom stereocenters. The Hall–Kier alpha value is -3.33. The number of likely N-dealkylation sites (tertiary alicyclic amines) is 1. The third-order valence-corrected chi connectivity index (χ3v) is 6.38. The molecule has 0 radical (unpaired) electrons. The van der Waals surface area contributed by atoms with Gasteiger partial charge in [-0.3, -0.25) is 4.79 Å². The Balaban J connectivity index is 0.000000428. The van der Waals surface area contributed by atoms with Crippen LogP contribution in [0.15, 0.2) is 42.6 Å². The first-order valence-electron chi connectivity index (χ1n) is 13.3. The van der Waals surface area contributed by atoms with Crippen molar-refractivity contribution in [3.63, 3.8) is 0 Å². The first-order chi connectivity index (χ1) is 18.4. The Labute approximate surface area is 232 Å². The number of carbonyl (C=O) groups is 2. The van der Waals surface area contributed by atoms with Crippen molar-refractivity contribution in [1.29, 1.82) is 0 Å². The maximum atomic E-state index is 12.0. The molecule has 2 aliphatic rings. The molecule has 2 aromatic rings. The Morgan fingerprint density at radius 1 is 1.26 bits per heavy atom. The fourth-order valence-electron chi connectivity index (χ4n) is 4.14. The number of anilines is 3. The lowest BCUT2D eigenvalue weighted by Gasteiger charge is -2.21. The van der Waals surface area contributed by atoms with E-state index in [1.54, 1.807) is 0 Å². The largest absolute Gasteiger partial charge is 0.382 e. The predicted molar refractivity (Wildman–Crippen MR) is 157 cm³/mol. The number of amides is 3. The van der Waals surface area contributed by atoms with E-state index in [4.69, 9.17) is 22.1 Å². The Bertz CT molecular complexity index is 997. The molecule has 1 saturated carbocycles. The van der Waals surface area contributed by atoms with E-state index in [0.717, 1.165) is 43.1 Å². The fraction of sp³-hybridized carbons (Fsp3) is 0.500. The SMILES string of the molecule is C=C1CCCC(CC)C1.CC.NC=O.Nc1nc(Nc2cccc(CNC(=O)N3CCCC3)c2)ncc1Cl. The number of rotatable bonds is 5. The second kappa shape index (κ2) is 18.8. The minimum atomic E-state index is -0.0142. The van der Waals surface area contributed by atoms with Gasteiger partial charge in [-0.1, -0.05) is 63.1 Å². The molecule has 1 aliphatic carbocycles. The number of nitrogen functional groups attached to an aromatic ring is 1. The molecule has 2 heterocycles. The van der Waals surface area contributed by atoms with Gasteiger partial charge in [0.25, 0.3) is 0 Å². The van der Waals surface area contributed by atoms with Gasteiger partial charge in [0.05, 0.1) is 6.20 Å².